The number of hydrogen-bond acceptors (Lipinski definition) is 4. The maximum atomic E-state index is 12.4. The van der Waals surface area contributed by atoms with E-state index in [1.807, 2.05) is 49.4 Å². The summed E-state index contributed by atoms with van der Waals surface area (Å²) in [6.45, 7) is 1.99. The first-order valence-electron chi connectivity index (χ1n) is 9.84. The van der Waals surface area contributed by atoms with Gasteiger partial charge in [0.05, 0.1) is 20.9 Å². The highest BCUT2D eigenvalue weighted by Crippen LogP contribution is 2.30. The first kappa shape index (κ1) is 21.8. The highest BCUT2D eigenvalue weighted by molar-refractivity contribution is 6.42. The topological polar surface area (TPSA) is 52.1 Å². The van der Waals surface area contributed by atoms with Gasteiger partial charge in [-0.1, -0.05) is 65.7 Å². The van der Waals surface area contributed by atoms with Crippen molar-refractivity contribution in [3.63, 3.8) is 0 Å². The number of para-hydroxylation sites is 2. The molecule has 0 spiro atoms. The van der Waals surface area contributed by atoms with E-state index >= 15 is 0 Å². The Morgan fingerprint density at radius 1 is 0.875 bits per heavy atom. The monoisotopic (exact) mass is 460 g/mol. The molecule has 0 fully saturated rings. The molecule has 0 aliphatic heterocycles. The van der Waals surface area contributed by atoms with Crippen molar-refractivity contribution >= 4 is 52.0 Å². The number of aryl methyl sites for hydroxylation is 1. The highest BCUT2D eigenvalue weighted by Gasteiger charge is 2.09. The van der Waals surface area contributed by atoms with E-state index in [9.17, 15) is 4.79 Å². The van der Waals surface area contributed by atoms with E-state index < -0.39 is 0 Å². The Morgan fingerprint density at radius 3 is 2.44 bits per heavy atom. The van der Waals surface area contributed by atoms with Gasteiger partial charge in [0.1, 0.15) is 12.1 Å². The first-order chi connectivity index (χ1) is 15.5. The molecule has 4 aromatic rings. The fourth-order valence-corrected chi connectivity index (χ4v) is 3.53. The summed E-state index contributed by atoms with van der Waals surface area (Å²) in [5.41, 5.74) is 3.30. The molecule has 158 valence electrons. The predicted octanol–water partition coefficient (Wildman–Crippen LogP) is 7.33. The van der Waals surface area contributed by atoms with Crippen LogP contribution in [0.2, 0.25) is 10.0 Å². The highest BCUT2D eigenvalue weighted by atomic mass is 35.5. The van der Waals surface area contributed by atoms with Gasteiger partial charge in [-0.2, -0.15) is 0 Å². The second-order valence-electron chi connectivity index (χ2n) is 7.00. The lowest BCUT2D eigenvalue weighted by atomic mass is 10.1. The summed E-state index contributed by atoms with van der Waals surface area (Å²) in [7, 11) is 0. The van der Waals surface area contributed by atoms with Gasteiger partial charge >= 0.3 is 0 Å². The number of carbonyl (C=O) groups is 1. The summed E-state index contributed by atoms with van der Waals surface area (Å²) in [6, 6.07) is 18.6. The molecule has 1 heterocycles. The Morgan fingerprint density at radius 2 is 1.59 bits per heavy atom. The smallest absolute Gasteiger partial charge is 0.230 e. The lowest BCUT2D eigenvalue weighted by Gasteiger charge is -2.10. The number of halogens is 2. The summed E-state index contributed by atoms with van der Waals surface area (Å²) in [6.07, 6.45) is 7.74. The minimum atomic E-state index is -0.195. The summed E-state index contributed by atoms with van der Waals surface area (Å²) in [5, 5.41) is 1.67. The van der Waals surface area contributed by atoms with Crippen LogP contribution in [0.15, 0.2) is 79.1 Å². The second-order valence-corrected chi connectivity index (χ2v) is 7.79. The molecular formula is C26H18Cl2N2O2. The van der Waals surface area contributed by atoms with E-state index in [-0.39, 0.29) is 5.78 Å². The molecule has 0 unspecified atom stereocenters. The van der Waals surface area contributed by atoms with Crippen LogP contribution in [0.4, 0.5) is 0 Å². The minimum Gasteiger partial charge on any atom is -0.438 e. The molecule has 0 aliphatic carbocycles. The number of rotatable bonds is 6. The van der Waals surface area contributed by atoms with Gasteiger partial charge in [0.2, 0.25) is 5.88 Å². The second kappa shape index (κ2) is 9.77. The van der Waals surface area contributed by atoms with Crippen LogP contribution >= 0.6 is 23.2 Å². The molecule has 0 N–H and O–H groups in total. The molecule has 32 heavy (non-hydrogen) atoms. The lowest BCUT2D eigenvalue weighted by Crippen LogP contribution is -1.94. The fourth-order valence-electron chi connectivity index (χ4n) is 3.16. The summed E-state index contributed by atoms with van der Waals surface area (Å²) >= 11 is 12.2. The van der Waals surface area contributed by atoms with Gasteiger partial charge in [-0.05, 0) is 60.6 Å². The molecular weight excluding hydrogens is 443 g/mol. The van der Waals surface area contributed by atoms with Crippen LogP contribution < -0.4 is 4.74 Å². The van der Waals surface area contributed by atoms with E-state index in [0.717, 1.165) is 22.0 Å². The predicted molar refractivity (Wildman–Crippen MR) is 130 cm³/mol. The fraction of sp³-hybridized carbons (Fsp3) is 0.0385. The third-order valence-corrected chi connectivity index (χ3v) is 5.62. The summed E-state index contributed by atoms with van der Waals surface area (Å²) < 4.78 is 6.10. The van der Waals surface area contributed by atoms with E-state index in [0.29, 0.717) is 27.2 Å². The van der Waals surface area contributed by atoms with Crippen molar-refractivity contribution in [1.29, 1.82) is 0 Å². The van der Waals surface area contributed by atoms with Crippen LogP contribution in [-0.4, -0.2) is 15.8 Å². The van der Waals surface area contributed by atoms with Crippen molar-refractivity contribution in [2.24, 2.45) is 0 Å². The van der Waals surface area contributed by atoms with Gasteiger partial charge in [-0.3, -0.25) is 4.79 Å². The van der Waals surface area contributed by atoms with Gasteiger partial charge in [0.15, 0.2) is 5.78 Å². The minimum absolute atomic E-state index is 0.195. The Kier molecular flexibility index (Phi) is 6.64. The normalized spacial score (nSPS) is 11.5. The van der Waals surface area contributed by atoms with Gasteiger partial charge in [0, 0.05) is 5.56 Å². The van der Waals surface area contributed by atoms with Crippen LogP contribution in [0, 0.1) is 6.92 Å². The Labute approximate surface area is 195 Å². The van der Waals surface area contributed by atoms with Crippen molar-refractivity contribution in [2.45, 2.75) is 6.92 Å². The van der Waals surface area contributed by atoms with Gasteiger partial charge in [-0.25, -0.2) is 9.97 Å². The third-order valence-electron chi connectivity index (χ3n) is 4.79. The molecule has 0 atom stereocenters. The Hall–Kier alpha value is -3.47. The van der Waals surface area contributed by atoms with Crippen LogP contribution in [0.1, 0.15) is 16.7 Å². The van der Waals surface area contributed by atoms with Crippen molar-refractivity contribution in [2.75, 3.05) is 0 Å². The van der Waals surface area contributed by atoms with Gasteiger partial charge < -0.3 is 4.74 Å². The maximum Gasteiger partial charge on any atom is 0.230 e. The van der Waals surface area contributed by atoms with Crippen LogP contribution in [0.25, 0.3) is 23.1 Å². The zero-order chi connectivity index (χ0) is 22.5. The largest absolute Gasteiger partial charge is 0.438 e. The number of fused-ring (bicyclic) bond motifs is 1. The van der Waals surface area contributed by atoms with Crippen molar-refractivity contribution < 1.29 is 9.53 Å². The number of benzene rings is 3. The third kappa shape index (κ3) is 4.88. The molecule has 0 saturated heterocycles. The number of ketones is 1. The molecule has 0 amide bonds. The Bertz CT molecular complexity index is 1360. The standard InChI is InChI=1S/C26H18Cl2N2O2/c1-17-6-4-9-21-25(17)29-16-30-26(21)32-23-11-3-2-7-18(23)12-14-20(31)15-13-19-8-5-10-22(27)24(19)28/h2-16H,1H3. The number of ether oxygens (including phenoxy) is 1. The number of nitrogens with zero attached hydrogens (tertiary/aromatic N) is 2. The number of aromatic nitrogens is 2. The molecule has 0 saturated carbocycles. The van der Waals surface area contributed by atoms with Crippen LogP contribution in [0.5, 0.6) is 11.6 Å². The summed E-state index contributed by atoms with van der Waals surface area (Å²) in [5.74, 6) is 0.847. The quantitative estimate of drug-likeness (QED) is 0.282. The summed E-state index contributed by atoms with van der Waals surface area (Å²) in [4.78, 5) is 21.0. The average molecular weight is 461 g/mol. The molecule has 4 nitrogen and oxygen atoms in total. The van der Waals surface area contributed by atoms with Crippen molar-refractivity contribution in [1.82, 2.24) is 9.97 Å². The SMILES string of the molecule is Cc1cccc2c(Oc3ccccc3C=CC(=O)C=Cc3cccc(Cl)c3Cl)ncnc12. The number of hydrogen-bond donors (Lipinski definition) is 0. The Balaban J connectivity index is 1.56. The zero-order valence-electron chi connectivity index (χ0n) is 17.1. The van der Waals surface area contributed by atoms with Gasteiger partial charge in [-0.15, -0.1) is 0 Å². The molecule has 0 bridgehead atoms. The van der Waals surface area contributed by atoms with Crippen LogP contribution in [0.3, 0.4) is 0 Å². The van der Waals surface area contributed by atoms with Crippen molar-refractivity contribution in [3.8, 4) is 11.6 Å². The zero-order valence-corrected chi connectivity index (χ0v) is 18.6. The molecule has 6 heteroatoms. The van der Waals surface area contributed by atoms with E-state index in [1.165, 1.54) is 18.5 Å². The lowest BCUT2D eigenvalue weighted by molar-refractivity contribution is -0.110. The molecule has 0 aliphatic rings. The number of allylic oxidation sites excluding steroid dienone is 2. The van der Waals surface area contributed by atoms with E-state index in [2.05, 4.69) is 9.97 Å². The van der Waals surface area contributed by atoms with Gasteiger partial charge in [0.25, 0.3) is 0 Å². The van der Waals surface area contributed by atoms with Crippen LogP contribution in [-0.2, 0) is 4.79 Å². The maximum absolute atomic E-state index is 12.4. The first-order valence-corrected chi connectivity index (χ1v) is 10.6. The average Bonchev–Trinajstić information content (AvgIpc) is 2.80. The molecule has 0 radical (unpaired) electrons. The molecule has 1 aromatic heterocycles. The van der Waals surface area contributed by atoms with Crippen molar-refractivity contribution in [3.05, 3.63) is 106 Å². The molecule has 4 rings (SSSR count). The number of carbonyl (C=O) groups excluding carboxylic acids is 1. The van der Waals surface area contributed by atoms with E-state index in [1.54, 1.807) is 30.4 Å². The molecule has 3 aromatic carbocycles. The van der Waals surface area contributed by atoms with E-state index in [4.69, 9.17) is 27.9 Å².